The van der Waals surface area contributed by atoms with E-state index in [1.54, 1.807) is 17.0 Å². The van der Waals surface area contributed by atoms with Crippen LogP contribution in [0.2, 0.25) is 0 Å². The molecular weight excluding hydrogens is 356 g/mol. The Labute approximate surface area is 155 Å². The summed E-state index contributed by atoms with van der Waals surface area (Å²) in [6.07, 6.45) is 0. The highest BCUT2D eigenvalue weighted by Crippen LogP contribution is 2.20. The topological polar surface area (TPSA) is 76.2 Å². The van der Waals surface area contributed by atoms with Gasteiger partial charge in [0, 0.05) is 25.2 Å². The number of rotatable bonds is 7. The van der Waals surface area contributed by atoms with Gasteiger partial charge in [0.1, 0.15) is 5.75 Å². The third-order valence-corrected chi connectivity index (χ3v) is 6.11. The SMILES string of the molecule is CC(C)N(C(=O)COc1ccc(S(=O)(=O)N2CCOCC2)cc1)C(C)C. The minimum atomic E-state index is -3.52. The van der Waals surface area contributed by atoms with Gasteiger partial charge >= 0.3 is 0 Å². The number of ether oxygens (including phenoxy) is 2. The first-order chi connectivity index (χ1) is 12.2. The molecule has 0 radical (unpaired) electrons. The zero-order valence-electron chi connectivity index (χ0n) is 15.8. The van der Waals surface area contributed by atoms with Crippen LogP contribution in [0.15, 0.2) is 29.2 Å². The van der Waals surface area contributed by atoms with Gasteiger partial charge in [-0.05, 0) is 52.0 Å². The maximum absolute atomic E-state index is 12.6. The molecule has 2 rings (SSSR count). The molecule has 1 aromatic rings. The summed E-state index contributed by atoms with van der Waals surface area (Å²) in [6, 6.07) is 6.35. The summed E-state index contributed by atoms with van der Waals surface area (Å²) in [7, 11) is -3.52. The molecule has 1 aliphatic heterocycles. The number of hydrogen-bond acceptors (Lipinski definition) is 5. The Hall–Kier alpha value is -1.64. The lowest BCUT2D eigenvalue weighted by Crippen LogP contribution is -2.44. The van der Waals surface area contributed by atoms with E-state index >= 15 is 0 Å². The highest BCUT2D eigenvalue weighted by Gasteiger charge is 2.26. The van der Waals surface area contributed by atoms with E-state index in [9.17, 15) is 13.2 Å². The summed E-state index contributed by atoms with van der Waals surface area (Å²) in [6.45, 7) is 9.30. The van der Waals surface area contributed by atoms with E-state index in [4.69, 9.17) is 9.47 Å². The van der Waals surface area contributed by atoms with Gasteiger partial charge in [0.25, 0.3) is 5.91 Å². The van der Waals surface area contributed by atoms with Crippen molar-refractivity contribution in [3.05, 3.63) is 24.3 Å². The van der Waals surface area contributed by atoms with Gasteiger partial charge in [0.05, 0.1) is 18.1 Å². The van der Waals surface area contributed by atoms with Crippen LogP contribution < -0.4 is 4.74 Å². The number of morpholine rings is 1. The molecule has 146 valence electrons. The smallest absolute Gasteiger partial charge is 0.260 e. The van der Waals surface area contributed by atoms with Crippen LogP contribution in [0.3, 0.4) is 0 Å². The van der Waals surface area contributed by atoms with Gasteiger partial charge in [-0.3, -0.25) is 4.79 Å². The third-order valence-electron chi connectivity index (χ3n) is 4.19. The van der Waals surface area contributed by atoms with Crippen LogP contribution in [-0.2, 0) is 19.6 Å². The van der Waals surface area contributed by atoms with Crippen molar-refractivity contribution < 1.29 is 22.7 Å². The van der Waals surface area contributed by atoms with Crippen LogP contribution in [0.4, 0.5) is 0 Å². The van der Waals surface area contributed by atoms with E-state index in [0.717, 1.165) is 0 Å². The van der Waals surface area contributed by atoms with Crippen molar-refractivity contribution in [1.82, 2.24) is 9.21 Å². The van der Waals surface area contributed by atoms with Crippen LogP contribution in [0.5, 0.6) is 5.75 Å². The van der Waals surface area contributed by atoms with E-state index in [1.807, 2.05) is 27.7 Å². The number of nitrogens with zero attached hydrogens (tertiary/aromatic N) is 2. The molecule has 7 nitrogen and oxygen atoms in total. The molecule has 0 bridgehead atoms. The number of hydrogen-bond donors (Lipinski definition) is 0. The Morgan fingerprint density at radius 3 is 2.15 bits per heavy atom. The molecule has 1 amide bonds. The molecule has 0 unspecified atom stereocenters. The van der Waals surface area contributed by atoms with Crippen molar-refractivity contribution in [3.8, 4) is 5.75 Å². The maximum atomic E-state index is 12.6. The number of amides is 1. The molecule has 1 fully saturated rings. The molecule has 0 aliphatic carbocycles. The minimum absolute atomic E-state index is 0.0775. The number of carbonyl (C=O) groups is 1. The molecule has 0 atom stereocenters. The molecule has 0 saturated carbocycles. The Morgan fingerprint density at radius 2 is 1.65 bits per heavy atom. The monoisotopic (exact) mass is 384 g/mol. The van der Waals surface area contributed by atoms with Gasteiger partial charge < -0.3 is 14.4 Å². The second-order valence-corrected chi connectivity index (χ2v) is 8.70. The fourth-order valence-electron chi connectivity index (χ4n) is 3.04. The maximum Gasteiger partial charge on any atom is 0.260 e. The molecule has 26 heavy (non-hydrogen) atoms. The van der Waals surface area contributed by atoms with Gasteiger partial charge in [-0.2, -0.15) is 4.31 Å². The quantitative estimate of drug-likeness (QED) is 0.716. The summed E-state index contributed by atoms with van der Waals surface area (Å²) >= 11 is 0. The molecule has 0 N–H and O–H groups in total. The molecule has 8 heteroatoms. The standard InChI is InChI=1S/C18H28N2O5S/c1-14(2)20(15(3)4)18(21)13-25-16-5-7-17(8-6-16)26(22,23)19-9-11-24-12-10-19/h5-8,14-15H,9-13H2,1-4H3. The van der Waals surface area contributed by atoms with Crippen LogP contribution in [0.25, 0.3) is 0 Å². The van der Waals surface area contributed by atoms with E-state index in [2.05, 4.69) is 0 Å². The lowest BCUT2D eigenvalue weighted by Gasteiger charge is -2.30. The second-order valence-electron chi connectivity index (χ2n) is 6.77. The van der Waals surface area contributed by atoms with Crippen LogP contribution in [-0.4, -0.2) is 68.5 Å². The van der Waals surface area contributed by atoms with Gasteiger partial charge in [0.2, 0.25) is 10.0 Å². The average molecular weight is 384 g/mol. The number of sulfonamides is 1. The summed E-state index contributed by atoms with van der Waals surface area (Å²) in [5, 5.41) is 0. The minimum Gasteiger partial charge on any atom is -0.484 e. The van der Waals surface area contributed by atoms with Crippen molar-refractivity contribution in [1.29, 1.82) is 0 Å². The molecule has 1 saturated heterocycles. The first-order valence-corrected chi connectivity index (χ1v) is 10.3. The summed E-state index contributed by atoms with van der Waals surface area (Å²) in [5.74, 6) is 0.367. The van der Waals surface area contributed by atoms with Crippen molar-refractivity contribution in [2.45, 2.75) is 44.7 Å². The average Bonchev–Trinajstić information content (AvgIpc) is 2.60. The number of benzene rings is 1. The summed E-state index contributed by atoms with van der Waals surface area (Å²) < 4.78 is 37.3. The van der Waals surface area contributed by atoms with Crippen molar-refractivity contribution in [3.63, 3.8) is 0 Å². The van der Waals surface area contributed by atoms with Gasteiger partial charge in [0.15, 0.2) is 6.61 Å². The van der Waals surface area contributed by atoms with E-state index in [1.165, 1.54) is 16.4 Å². The molecule has 1 aromatic carbocycles. The normalized spacial score (nSPS) is 16.1. The summed E-state index contributed by atoms with van der Waals surface area (Å²) in [4.78, 5) is 14.3. The largest absolute Gasteiger partial charge is 0.484 e. The number of carbonyl (C=O) groups excluding carboxylic acids is 1. The Balaban J connectivity index is 2.00. The van der Waals surface area contributed by atoms with Gasteiger partial charge in [-0.15, -0.1) is 0 Å². The predicted molar refractivity (Wildman–Crippen MR) is 98.6 cm³/mol. The van der Waals surface area contributed by atoms with Gasteiger partial charge in [-0.25, -0.2) is 8.42 Å². The highest BCUT2D eigenvalue weighted by molar-refractivity contribution is 7.89. The molecule has 1 aliphatic rings. The zero-order valence-corrected chi connectivity index (χ0v) is 16.7. The summed E-state index contributed by atoms with van der Waals surface area (Å²) in [5.41, 5.74) is 0. The van der Waals surface area contributed by atoms with E-state index < -0.39 is 10.0 Å². The second kappa shape index (κ2) is 8.83. The third kappa shape index (κ3) is 4.96. The fraction of sp³-hybridized carbons (Fsp3) is 0.611. The Kier molecular flexibility index (Phi) is 7.02. The fourth-order valence-corrected chi connectivity index (χ4v) is 4.44. The Morgan fingerprint density at radius 1 is 1.12 bits per heavy atom. The van der Waals surface area contributed by atoms with Gasteiger partial charge in [-0.1, -0.05) is 0 Å². The highest BCUT2D eigenvalue weighted by atomic mass is 32.2. The van der Waals surface area contributed by atoms with Crippen molar-refractivity contribution >= 4 is 15.9 Å². The van der Waals surface area contributed by atoms with Crippen LogP contribution in [0.1, 0.15) is 27.7 Å². The van der Waals surface area contributed by atoms with Crippen molar-refractivity contribution in [2.75, 3.05) is 32.9 Å². The lowest BCUT2D eigenvalue weighted by molar-refractivity contribution is -0.136. The molecule has 0 spiro atoms. The first kappa shape index (κ1) is 20.7. The molecular formula is C18H28N2O5S. The predicted octanol–water partition coefficient (Wildman–Crippen LogP) is 1.73. The molecule has 1 heterocycles. The van der Waals surface area contributed by atoms with Crippen LogP contribution in [0, 0.1) is 0 Å². The Bertz CT molecular complexity index is 687. The van der Waals surface area contributed by atoms with E-state index in [-0.39, 0.29) is 29.5 Å². The molecule has 0 aromatic heterocycles. The zero-order chi connectivity index (χ0) is 19.3. The lowest BCUT2D eigenvalue weighted by atomic mass is 10.2. The van der Waals surface area contributed by atoms with E-state index in [0.29, 0.717) is 32.1 Å². The van der Waals surface area contributed by atoms with Crippen LogP contribution >= 0.6 is 0 Å². The first-order valence-electron chi connectivity index (χ1n) is 8.85. The van der Waals surface area contributed by atoms with Crippen molar-refractivity contribution in [2.24, 2.45) is 0 Å².